The van der Waals surface area contributed by atoms with Gasteiger partial charge in [0.2, 0.25) is 11.8 Å². The molecule has 0 saturated carbocycles. The van der Waals surface area contributed by atoms with Crippen molar-refractivity contribution in [1.29, 1.82) is 0 Å². The molecule has 0 aliphatic carbocycles. The SMILES string of the molecule is C/C=C\c1nc(/C(C)=C/c2cnn(C)c2NC)oc1/N=C(\C)F. The third-order valence-corrected chi connectivity index (χ3v) is 3.13. The average Bonchev–Trinajstić information content (AvgIpc) is 3.03. The first-order valence-electron chi connectivity index (χ1n) is 7.19. The second-order valence-electron chi connectivity index (χ2n) is 4.97. The number of aryl methyl sites for hydroxylation is 1. The molecule has 1 N–H and O–H groups in total. The number of halogens is 1. The molecule has 0 aromatic carbocycles. The number of hydrogen-bond acceptors (Lipinski definition) is 5. The summed E-state index contributed by atoms with van der Waals surface area (Å²) in [5.41, 5.74) is 2.19. The fourth-order valence-corrected chi connectivity index (χ4v) is 2.14. The normalized spacial score (nSPS) is 13.1. The maximum absolute atomic E-state index is 13.1. The average molecular weight is 317 g/mol. The van der Waals surface area contributed by atoms with Gasteiger partial charge in [-0.15, -0.1) is 0 Å². The molecule has 122 valence electrons. The smallest absolute Gasteiger partial charge is 0.249 e. The van der Waals surface area contributed by atoms with Crippen molar-refractivity contribution in [3.8, 4) is 0 Å². The van der Waals surface area contributed by atoms with Crippen LogP contribution in [0.4, 0.5) is 16.1 Å². The molecule has 2 aromatic rings. The summed E-state index contributed by atoms with van der Waals surface area (Å²) in [6.45, 7) is 4.98. The lowest BCUT2D eigenvalue weighted by Crippen LogP contribution is -1.99. The van der Waals surface area contributed by atoms with Crippen LogP contribution in [-0.4, -0.2) is 27.8 Å². The highest BCUT2D eigenvalue weighted by Gasteiger charge is 2.13. The van der Waals surface area contributed by atoms with E-state index in [1.807, 2.05) is 34.0 Å². The topological polar surface area (TPSA) is 68.2 Å². The Labute approximate surface area is 134 Å². The fourth-order valence-electron chi connectivity index (χ4n) is 2.14. The third-order valence-electron chi connectivity index (χ3n) is 3.13. The quantitative estimate of drug-likeness (QED) is 0.844. The maximum Gasteiger partial charge on any atom is 0.249 e. The molecule has 0 bridgehead atoms. The van der Waals surface area contributed by atoms with Gasteiger partial charge in [-0.05, 0) is 26.0 Å². The van der Waals surface area contributed by atoms with Crippen LogP contribution in [0.25, 0.3) is 17.7 Å². The molecule has 6 nitrogen and oxygen atoms in total. The van der Waals surface area contributed by atoms with E-state index in [9.17, 15) is 4.39 Å². The van der Waals surface area contributed by atoms with Crippen molar-refractivity contribution < 1.29 is 8.81 Å². The molecule has 0 amide bonds. The van der Waals surface area contributed by atoms with Crippen LogP contribution < -0.4 is 5.32 Å². The van der Waals surface area contributed by atoms with Crippen molar-refractivity contribution in [3.63, 3.8) is 0 Å². The molecule has 0 unspecified atom stereocenters. The summed E-state index contributed by atoms with van der Waals surface area (Å²) in [6, 6.07) is 0. The number of allylic oxidation sites excluding steroid dienone is 2. The highest BCUT2D eigenvalue weighted by Crippen LogP contribution is 2.28. The number of aliphatic imine (C=N–C) groups is 1. The number of oxazole rings is 1. The summed E-state index contributed by atoms with van der Waals surface area (Å²) in [5, 5.41) is 7.29. The molecule has 0 radical (unpaired) electrons. The number of nitrogens with one attached hydrogen (secondary N) is 1. The van der Waals surface area contributed by atoms with E-state index in [2.05, 4.69) is 20.4 Å². The van der Waals surface area contributed by atoms with Gasteiger partial charge in [-0.25, -0.2) is 4.98 Å². The van der Waals surface area contributed by atoms with Gasteiger partial charge < -0.3 is 9.73 Å². The summed E-state index contributed by atoms with van der Waals surface area (Å²) in [6.07, 6.45) is 7.18. The molecule has 0 atom stereocenters. The number of nitrogens with zero attached hydrogens (tertiary/aromatic N) is 4. The van der Waals surface area contributed by atoms with Gasteiger partial charge in [-0.1, -0.05) is 6.08 Å². The molecule has 2 heterocycles. The molecule has 0 saturated heterocycles. The highest BCUT2D eigenvalue weighted by molar-refractivity contribution is 5.82. The van der Waals surface area contributed by atoms with E-state index in [4.69, 9.17) is 4.42 Å². The third kappa shape index (κ3) is 3.74. The van der Waals surface area contributed by atoms with Gasteiger partial charge in [-0.3, -0.25) is 4.68 Å². The lowest BCUT2D eigenvalue weighted by molar-refractivity contribution is 0.550. The van der Waals surface area contributed by atoms with Crippen molar-refractivity contribution in [2.75, 3.05) is 12.4 Å². The Morgan fingerprint density at radius 2 is 2.17 bits per heavy atom. The summed E-state index contributed by atoms with van der Waals surface area (Å²) >= 11 is 0. The zero-order chi connectivity index (χ0) is 17.0. The molecule has 0 spiro atoms. The Morgan fingerprint density at radius 3 is 2.78 bits per heavy atom. The number of rotatable bonds is 5. The molecule has 2 aromatic heterocycles. The van der Waals surface area contributed by atoms with Crippen LogP contribution in [0.2, 0.25) is 0 Å². The van der Waals surface area contributed by atoms with Crippen LogP contribution >= 0.6 is 0 Å². The molecule has 23 heavy (non-hydrogen) atoms. The molecular formula is C16H20FN5O. The molecule has 2 rings (SSSR count). The Bertz CT molecular complexity index is 778. The Hall–Kier alpha value is -2.70. The minimum Gasteiger partial charge on any atom is -0.418 e. The minimum atomic E-state index is -0.579. The van der Waals surface area contributed by atoms with E-state index in [0.29, 0.717) is 11.6 Å². The zero-order valence-electron chi connectivity index (χ0n) is 13.9. The van der Waals surface area contributed by atoms with Crippen molar-refractivity contribution in [3.05, 3.63) is 29.4 Å². The van der Waals surface area contributed by atoms with E-state index in [0.717, 1.165) is 17.0 Å². The lowest BCUT2D eigenvalue weighted by atomic mass is 10.2. The van der Waals surface area contributed by atoms with Crippen LogP contribution in [0.3, 0.4) is 0 Å². The molecule has 7 heteroatoms. The highest BCUT2D eigenvalue weighted by atomic mass is 19.1. The van der Waals surface area contributed by atoms with Crippen molar-refractivity contribution >= 4 is 35.4 Å². The Balaban J connectivity index is 2.44. The summed E-state index contributed by atoms with van der Waals surface area (Å²) < 4.78 is 20.4. The van der Waals surface area contributed by atoms with Crippen LogP contribution in [0.15, 0.2) is 21.7 Å². The zero-order valence-corrected chi connectivity index (χ0v) is 13.9. The van der Waals surface area contributed by atoms with Crippen molar-refractivity contribution in [2.24, 2.45) is 12.0 Å². The minimum absolute atomic E-state index is 0.158. The van der Waals surface area contributed by atoms with Crippen molar-refractivity contribution in [1.82, 2.24) is 14.8 Å². The first-order valence-corrected chi connectivity index (χ1v) is 7.19. The predicted octanol–water partition coefficient (Wildman–Crippen LogP) is 4.06. The van der Waals surface area contributed by atoms with Crippen LogP contribution in [0.1, 0.15) is 37.9 Å². The second kappa shape index (κ2) is 7.04. The van der Waals surface area contributed by atoms with Crippen LogP contribution in [-0.2, 0) is 7.05 Å². The van der Waals surface area contributed by atoms with Gasteiger partial charge in [-0.2, -0.15) is 14.5 Å². The van der Waals surface area contributed by atoms with E-state index in [1.54, 1.807) is 23.0 Å². The summed E-state index contributed by atoms with van der Waals surface area (Å²) in [7, 11) is 3.68. The van der Waals surface area contributed by atoms with E-state index in [1.165, 1.54) is 6.92 Å². The van der Waals surface area contributed by atoms with Gasteiger partial charge in [0.15, 0.2) is 5.97 Å². The number of anilines is 1. The molecule has 0 aliphatic heterocycles. The molecule has 0 fully saturated rings. The summed E-state index contributed by atoms with van der Waals surface area (Å²) in [4.78, 5) is 8.11. The second-order valence-corrected chi connectivity index (χ2v) is 4.97. The fraction of sp³-hybridized carbons (Fsp3) is 0.312. The Morgan fingerprint density at radius 1 is 1.43 bits per heavy atom. The van der Waals surface area contributed by atoms with E-state index in [-0.39, 0.29) is 5.88 Å². The maximum atomic E-state index is 13.1. The van der Waals surface area contributed by atoms with E-state index < -0.39 is 5.97 Å². The Kier molecular flexibility index (Phi) is 5.10. The predicted molar refractivity (Wildman–Crippen MR) is 91.4 cm³/mol. The first kappa shape index (κ1) is 16.7. The monoisotopic (exact) mass is 317 g/mol. The number of aromatic nitrogens is 3. The van der Waals surface area contributed by atoms with Gasteiger partial charge in [0.1, 0.15) is 11.5 Å². The van der Waals surface area contributed by atoms with Gasteiger partial charge in [0.05, 0.1) is 6.20 Å². The standard InChI is InChI=1S/C16H20FN5O/c1-6-7-13-16(20-11(3)17)23-15(21-13)10(2)8-12-9-19-22(5)14(12)18-4/h6-9,18H,1-5H3/b7-6-,10-8+,20-11+. The van der Waals surface area contributed by atoms with Gasteiger partial charge in [0, 0.05) is 32.2 Å². The van der Waals surface area contributed by atoms with Gasteiger partial charge >= 0.3 is 0 Å². The number of hydrogen-bond donors (Lipinski definition) is 1. The largest absolute Gasteiger partial charge is 0.418 e. The van der Waals surface area contributed by atoms with Gasteiger partial charge in [0.25, 0.3) is 0 Å². The molecule has 0 aliphatic rings. The van der Waals surface area contributed by atoms with Crippen LogP contribution in [0, 0.1) is 0 Å². The lowest BCUT2D eigenvalue weighted by Gasteiger charge is -2.02. The molecular weight excluding hydrogens is 297 g/mol. The summed E-state index contributed by atoms with van der Waals surface area (Å²) in [5.74, 6) is 0.849. The first-order chi connectivity index (χ1) is 11.0. The van der Waals surface area contributed by atoms with Crippen molar-refractivity contribution in [2.45, 2.75) is 20.8 Å². The van der Waals surface area contributed by atoms with Crippen LogP contribution in [0.5, 0.6) is 0 Å². The van der Waals surface area contributed by atoms with E-state index >= 15 is 0 Å².